The van der Waals surface area contributed by atoms with Crippen LogP contribution in [0.1, 0.15) is 27.2 Å². The summed E-state index contributed by atoms with van der Waals surface area (Å²) in [6, 6.07) is 0. The van der Waals surface area contributed by atoms with Gasteiger partial charge in [0.05, 0.1) is 0 Å². The molecule has 0 unspecified atom stereocenters. The molecule has 0 fully saturated rings. The summed E-state index contributed by atoms with van der Waals surface area (Å²) in [5.74, 6) is -0.516. The van der Waals surface area contributed by atoms with Gasteiger partial charge in [-0.15, -0.1) is 0 Å². The fourth-order valence-corrected chi connectivity index (χ4v) is 1.68. The van der Waals surface area contributed by atoms with Gasteiger partial charge < -0.3 is 14.4 Å². The Morgan fingerprint density at radius 2 is 1.85 bits per heavy atom. The van der Waals surface area contributed by atoms with Crippen LogP contribution in [0.25, 0.3) is 0 Å². The Labute approximate surface area is 80.3 Å². The predicted octanol–water partition coefficient (Wildman–Crippen LogP) is 1.95. The predicted molar refractivity (Wildman–Crippen MR) is 52.1 cm³/mol. The zero-order chi connectivity index (χ0) is 9.73. The fourth-order valence-electron chi connectivity index (χ4n) is 1.68. The maximum Gasteiger partial charge on any atom is 0.254 e. The molecule has 13 heavy (non-hydrogen) atoms. The molecule has 0 aromatic carbocycles. The van der Waals surface area contributed by atoms with Crippen LogP contribution in [0.2, 0.25) is 0 Å². The van der Waals surface area contributed by atoms with E-state index in [4.69, 9.17) is 9.47 Å². The first-order valence-corrected chi connectivity index (χ1v) is 5.00. The Morgan fingerprint density at radius 1 is 1.23 bits per heavy atom. The average Bonchev–Trinajstić information content (AvgIpc) is 2.49. The molecule has 0 spiro atoms. The first kappa shape index (κ1) is 10.5. The van der Waals surface area contributed by atoms with Gasteiger partial charge in [0.2, 0.25) is 0 Å². The molecule has 0 saturated carbocycles. The molecule has 0 aliphatic carbocycles. The van der Waals surface area contributed by atoms with Crippen LogP contribution in [0.3, 0.4) is 0 Å². The van der Waals surface area contributed by atoms with Gasteiger partial charge in [0.1, 0.15) is 0 Å². The van der Waals surface area contributed by atoms with Gasteiger partial charge >= 0.3 is 0 Å². The van der Waals surface area contributed by atoms with Crippen LogP contribution in [-0.2, 0) is 9.47 Å². The van der Waals surface area contributed by atoms with Gasteiger partial charge in [-0.25, -0.2) is 0 Å². The molecule has 1 heterocycles. The van der Waals surface area contributed by atoms with E-state index >= 15 is 0 Å². The monoisotopic (exact) mass is 185 g/mol. The number of ether oxygens (including phenoxy) is 2. The molecule has 0 radical (unpaired) electrons. The molecule has 76 valence electrons. The van der Waals surface area contributed by atoms with E-state index in [1.807, 2.05) is 20.0 Å². The maximum atomic E-state index is 5.68. The van der Waals surface area contributed by atoms with Crippen molar-refractivity contribution in [3.05, 3.63) is 12.3 Å². The lowest BCUT2D eigenvalue weighted by Crippen LogP contribution is -2.47. The van der Waals surface area contributed by atoms with E-state index in [0.29, 0.717) is 13.2 Å². The third-order valence-electron chi connectivity index (χ3n) is 2.18. The molecule has 0 aromatic rings. The highest BCUT2D eigenvalue weighted by Crippen LogP contribution is 2.29. The molecule has 1 rings (SSSR count). The first-order chi connectivity index (χ1) is 6.29. The molecule has 3 nitrogen and oxygen atoms in total. The minimum Gasteiger partial charge on any atom is -0.333 e. The standard InChI is InChI=1S/C10H19NO2/c1-4-11-9-7-8-10(11,12-5-2)13-6-3/h7,9H,4-6,8H2,1-3H3. The quantitative estimate of drug-likeness (QED) is 0.611. The van der Waals surface area contributed by atoms with Crippen LogP contribution in [0, 0.1) is 0 Å². The van der Waals surface area contributed by atoms with Crippen molar-refractivity contribution in [2.75, 3.05) is 19.8 Å². The van der Waals surface area contributed by atoms with Crippen molar-refractivity contribution < 1.29 is 9.47 Å². The molecule has 0 atom stereocenters. The summed E-state index contributed by atoms with van der Waals surface area (Å²) < 4.78 is 11.4. The molecule has 0 saturated heterocycles. The lowest BCUT2D eigenvalue weighted by Gasteiger charge is -2.37. The van der Waals surface area contributed by atoms with Crippen molar-refractivity contribution >= 4 is 0 Å². The van der Waals surface area contributed by atoms with Crippen LogP contribution >= 0.6 is 0 Å². The van der Waals surface area contributed by atoms with Crippen molar-refractivity contribution in [3.63, 3.8) is 0 Å². The third-order valence-corrected chi connectivity index (χ3v) is 2.18. The number of nitrogens with zero attached hydrogens (tertiary/aromatic N) is 1. The lowest BCUT2D eigenvalue weighted by atomic mass is 10.3. The van der Waals surface area contributed by atoms with Gasteiger partial charge in [0.15, 0.2) is 0 Å². The molecule has 1 aliphatic heterocycles. The summed E-state index contributed by atoms with van der Waals surface area (Å²) >= 11 is 0. The second kappa shape index (κ2) is 4.63. The van der Waals surface area contributed by atoms with E-state index in [0.717, 1.165) is 13.0 Å². The highest BCUT2D eigenvalue weighted by atomic mass is 16.7. The zero-order valence-corrected chi connectivity index (χ0v) is 8.75. The average molecular weight is 185 g/mol. The van der Waals surface area contributed by atoms with Gasteiger partial charge in [0, 0.05) is 32.4 Å². The smallest absolute Gasteiger partial charge is 0.254 e. The minimum absolute atomic E-state index is 0.516. The van der Waals surface area contributed by atoms with E-state index in [1.54, 1.807) is 0 Å². The van der Waals surface area contributed by atoms with Crippen LogP contribution in [0.5, 0.6) is 0 Å². The normalized spacial score (nSPS) is 19.8. The molecule has 0 N–H and O–H groups in total. The van der Waals surface area contributed by atoms with Crippen molar-refractivity contribution in [2.45, 2.75) is 33.1 Å². The van der Waals surface area contributed by atoms with E-state index in [2.05, 4.69) is 17.9 Å². The van der Waals surface area contributed by atoms with E-state index in [9.17, 15) is 0 Å². The van der Waals surface area contributed by atoms with Gasteiger partial charge in [-0.1, -0.05) is 6.08 Å². The summed E-state index contributed by atoms with van der Waals surface area (Å²) in [7, 11) is 0. The van der Waals surface area contributed by atoms with Gasteiger partial charge in [-0.2, -0.15) is 0 Å². The van der Waals surface area contributed by atoms with Crippen molar-refractivity contribution in [2.24, 2.45) is 0 Å². The van der Waals surface area contributed by atoms with Crippen LogP contribution in [0.15, 0.2) is 12.3 Å². The first-order valence-electron chi connectivity index (χ1n) is 5.00. The van der Waals surface area contributed by atoms with Gasteiger partial charge in [-0.05, 0) is 20.8 Å². The summed E-state index contributed by atoms with van der Waals surface area (Å²) in [6.45, 7) is 8.36. The molecule has 0 bridgehead atoms. The number of rotatable bonds is 5. The molecule has 0 aromatic heterocycles. The second-order valence-electron chi connectivity index (χ2n) is 2.95. The molecular weight excluding hydrogens is 166 g/mol. The highest BCUT2D eigenvalue weighted by Gasteiger charge is 2.38. The molecule has 3 heteroatoms. The Balaban J connectivity index is 2.65. The lowest BCUT2D eigenvalue weighted by molar-refractivity contribution is -0.293. The zero-order valence-electron chi connectivity index (χ0n) is 8.75. The Morgan fingerprint density at radius 3 is 2.31 bits per heavy atom. The Kier molecular flexibility index (Phi) is 3.75. The van der Waals surface area contributed by atoms with Crippen molar-refractivity contribution in [1.82, 2.24) is 4.90 Å². The Bertz CT molecular complexity index is 174. The third kappa shape index (κ3) is 2.03. The Hall–Kier alpha value is -0.540. The fraction of sp³-hybridized carbons (Fsp3) is 0.800. The molecular formula is C10H19NO2. The maximum absolute atomic E-state index is 5.68. The van der Waals surface area contributed by atoms with Crippen molar-refractivity contribution in [1.29, 1.82) is 0 Å². The summed E-state index contributed by atoms with van der Waals surface area (Å²) in [6.07, 6.45) is 4.96. The number of hydrogen-bond donors (Lipinski definition) is 0. The van der Waals surface area contributed by atoms with Crippen LogP contribution < -0.4 is 0 Å². The topological polar surface area (TPSA) is 21.7 Å². The van der Waals surface area contributed by atoms with Gasteiger partial charge in [-0.3, -0.25) is 0 Å². The second-order valence-corrected chi connectivity index (χ2v) is 2.95. The van der Waals surface area contributed by atoms with E-state index in [1.165, 1.54) is 0 Å². The van der Waals surface area contributed by atoms with E-state index in [-0.39, 0.29) is 0 Å². The minimum atomic E-state index is -0.516. The molecule has 0 amide bonds. The summed E-state index contributed by atoms with van der Waals surface area (Å²) in [5, 5.41) is 0. The van der Waals surface area contributed by atoms with Crippen LogP contribution in [0.4, 0.5) is 0 Å². The SMILES string of the molecule is CCOC1(OCC)CC=CN1CC. The van der Waals surface area contributed by atoms with Crippen molar-refractivity contribution in [3.8, 4) is 0 Å². The summed E-state index contributed by atoms with van der Waals surface area (Å²) in [4.78, 5) is 2.10. The number of hydrogen-bond acceptors (Lipinski definition) is 3. The van der Waals surface area contributed by atoms with Crippen LogP contribution in [-0.4, -0.2) is 30.6 Å². The van der Waals surface area contributed by atoms with E-state index < -0.39 is 5.91 Å². The molecule has 1 aliphatic rings. The largest absolute Gasteiger partial charge is 0.333 e. The highest BCUT2D eigenvalue weighted by molar-refractivity contribution is 4.98. The summed E-state index contributed by atoms with van der Waals surface area (Å²) in [5.41, 5.74) is 0. The van der Waals surface area contributed by atoms with Gasteiger partial charge in [0.25, 0.3) is 5.91 Å².